The van der Waals surface area contributed by atoms with Crippen LogP contribution in [0.1, 0.15) is 71.1 Å². The molecule has 2 aliphatic carbocycles. The molecule has 0 aliphatic heterocycles. The number of hydrogen-bond donors (Lipinski definition) is 4. The third kappa shape index (κ3) is 16.2. The second-order valence-corrected chi connectivity index (χ2v) is 6.94. The number of hydrogen-bond acceptors (Lipinski definition) is 4. The van der Waals surface area contributed by atoms with E-state index < -0.39 is 7.82 Å². The Morgan fingerprint density at radius 2 is 1.24 bits per heavy atom. The van der Waals surface area contributed by atoms with E-state index in [-0.39, 0.29) is 6.61 Å². The number of nitrogens with two attached hydrogens (primary N) is 2. The highest BCUT2D eigenvalue weighted by Crippen LogP contribution is 2.34. The van der Waals surface area contributed by atoms with Crippen molar-refractivity contribution in [1.29, 1.82) is 0 Å². The number of phosphoric ester groups is 1. The van der Waals surface area contributed by atoms with Crippen LogP contribution in [0.2, 0.25) is 0 Å². The Hall–Kier alpha value is 0.0300. The second kappa shape index (κ2) is 12.6. The van der Waals surface area contributed by atoms with Gasteiger partial charge < -0.3 is 21.3 Å². The largest absolute Gasteiger partial charge is 0.469 e. The van der Waals surface area contributed by atoms with Gasteiger partial charge in [0.15, 0.2) is 0 Å². The van der Waals surface area contributed by atoms with Gasteiger partial charge in [0.1, 0.15) is 0 Å². The second-order valence-electron chi connectivity index (χ2n) is 5.70. The molecule has 0 aromatic carbocycles. The summed E-state index contributed by atoms with van der Waals surface area (Å²) in [6.45, 7) is 1.56. The SMILES string of the molecule is CCOP(=[18O])([18OH])[18OH].NC1CCCCC1.NC1CCCCC1. The summed E-state index contributed by atoms with van der Waals surface area (Å²) in [6.07, 6.45) is 13.3. The van der Waals surface area contributed by atoms with Crippen molar-refractivity contribution in [3.8, 4) is 0 Å². The van der Waals surface area contributed by atoms with Crippen LogP contribution in [0.5, 0.6) is 0 Å². The van der Waals surface area contributed by atoms with E-state index in [1.165, 1.54) is 71.1 Å². The van der Waals surface area contributed by atoms with Crippen molar-refractivity contribution in [3.05, 3.63) is 0 Å². The molecular formula is C14H33N2O4P. The lowest BCUT2D eigenvalue weighted by molar-refractivity contribution is 0.206. The Balaban J connectivity index is 0.000000286. The van der Waals surface area contributed by atoms with E-state index in [0.29, 0.717) is 12.1 Å². The molecule has 2 aliphatic rings. The van der Waals surface area contributed by atoms with E-state index in [0.717, 1.165) is 0 Å². The van der Waals surface area contributed by atoms with Gasteiger partial charge in [-0.3, -0.25) is 4.52 Å². The first-order valence-corrected chi connectivity index (χ1v) is 9.59. The van der Waals surface area contributed by atoms with Crippen LogP contribution in [0, 0.1) is 0 Å². The third-order valence-electron chi connectivity index (χ3n) is 3.60. The molecule has 2 saturated carbocycles. The zero-order chi connectivity index (χ0) is 16.1. The van der Waals surface area contributed by atoms with Crippen molar-refractivity contribution < 1.29 is 18.9 Å². The smallest absolute Gasteiger partial charge is 0.328 e. The Bertz CT molecular complexity index is 258. The summed E-state index contributed by atoms with van der Waals surface area (Å²) in [4.78, 5) is 15.8. The Morgan fingerprint density at radius 1 is 0.905 bits per heavy atom. The molecule has 0 radical (unpaired) electrons. The monoisotopic (exact) mass is 330 g/mol. The lowest BCUT2D eigenvalue weighted by Crippen LogP contribution is -2.22. The Labute approximate surface area is 128 Å². The molecule has 0 spiro atoms. The molecule has 0 atom stereocenters. The van der Waals surface area contributed by atoms with Gasteiger partial charge >= 0.3 is 7.82 Å². The van der Waals surface area contributed by atoms with Gasteiger partial charge in [-0.15, -0.1) is 0 Å². The topological polar surface area (TPSA) is 119 Å². The van der Waals surface area contributed by atoms with E-state index >= 15 is 0 Å². The highest BCUT2D eigenvalue weighted by molar-refractivity contribution is 7.46. The zero-order valence-electron chi connectivity index (χ0n) is 13.2. The van der Waals surface area contributed by atoms with Gasteiger partial charge in [0.2, 0.25) is 0 Å². The fourth-order valence-corrected chi connectivity index (χ4v) is 2.77. The van der Waals surface area contributed by atoms with E-state index in [1.807, 2.05) is 0 Å². The minimum atomic E-state index is -4.17. The van der Waals surface area contributed by atoms with E-state index in [1.54, 1.807) is 0 Å². The molecule has 0 aromatic heterocycles. The van der Waals surface area contributed by atoms with Crippen LogP contribution in [-0.2, 0) is 9.09 Å². The van der Waals surface area contributed by atoms with Gasteiger partial charge in [0, 0.05) is 12.1 Å². The van der Waals surface area contributed by atoms with Gasteiger partial charge in [-0.2, -0.15) is 0 Å². The summed E-state index contributed by atoms with van der Waals surface area (Å²) in [5, 5.41) is 0. The molecule has 0 bridgehead atoms. The van der Waals surface area contributed by atoms with Crippen LogP contribution >= 0.6 is 7.82 Å². The maximum atomic E-state index is 9.70. The molecule has 6 N–H and O–H groups in total. The predicted molar refractivity (Wildman–Crippen MR) is 85.8 cm³/mol. The summed E-state index contributed by atoms with van der Waals surface area (Å²) in [6, 6.07) is 1.07. The van der Waals surface area contributed by atoms with Crippen molar-refractivity contribution in [3.63, 3.8) is 0 Å². The molecule has 7 heteroatoms. The summed E-state index contributed by atoms with van der Waals surface area (Å²) < 4.78 is 13.6. The molecule has 0 unspecified atom stereocenters. The molecular weight excluding hydrogens is 297 g/mol. The summed E-state index contributed by atoms with van der Waals surface area (Å²) in [5.74, 6) is 0. The first-order valence-electron chi connectivity index (χ1n) is 8.06. The molecule has 0 saturated heterocycles. The first kappa shape index (κ1) is 21.0. The van der Waals surface area contributed by atoms with Crippen molar-refractivity contribution >= 4 is 7.82 Å². The van der Waals surface area contributed by atoms with Crippen LogP contribution in [0.25, 0.3) is 0 Å². The lowest BCUT2D eigenvalue weighted by atomic mass is 9.97. The predicted octanol–water partition coefficient (Wildman–Crippen LogP) is 2.67. The molecule has 128 valence electrons. The van der Waals surface area contributed by atoms with Crippen LogP contribution in [0.4, 0.5) is 0 Å². The van der Waals surface area contributed by atoms with Crippen molar-refractivity contribution in [1.82, 2.24) is 0 Å². The van der Waals surface area contributed by atoms with Crippen molar-refractivity contribution in [2.75, 3.05) is 6.61 Å². The maximum Gasteiger partial charge on any atom is 0.469 e. The number of phosphoric acid groups is 1. The normalized spacial score (nSPS) is 20.8. The van der Waals surface area contributed by atoms with Gasteiger partial charge in [-0.05, 0) is 32.6 Å². The average molecular weight is 330 g/mol. The third-order valence-corrected chi connectivity index (χ3v) is 4.19. The molecule has 2 rings (SSSR count). The van der Waals surface area contributed by atoms with Crippen molar-refractivity contribution in [2.45, 2.75) is 83.2 Å². The molecule has 0 amide bonds. The van der Waals surface area contributed by atoms with Crippen LogP contribution in [0.3, 0.4) is 0 Å². The Morgan fingerprint density at radius 3 is 1.33 bits per heavy atom. The average Bonchev–Trinajstić information content (AvgIpc) is 2.40. The zero-order valence-corrected chi connectivity index (χ0v) is 14.1. The van der Waals surface area contributed by atoms with Gasteiger partial charge in [0.05, 0.1) is 6.61 Å². The van der Waals surface area contributed by atoms with Crippen LogP contribution < -0.4 is 11.5 Å². The Kier molecular flexibility index (Phi) is 12.6. The quantitative estimate of drug-likeness (QED) is 0.456. The van der Waals surface area contributed by atoms with E-state index in [9.17, 15) is 4.57 Å². The fraction of sp³-hybridized carbons (Fsp3) is 1.00. The van der Waals surface area contributed by atoms with E-state index in [4.69, 9.17) is 21.3 Å². The first-order chi connectivity index (χ1) is 9.85. The van der Waals surface area contributed by atoms with Gasteiger partial charge in [0.25, 0.3) is 0 Å². The minimum absolute atomic E-state index is 0.0459. The lowest BCUT2D eigenvalue weighted by Gasteiger charge is -2.15. The van der Waals surface area contributed by atoms with Crippen molar-refractivity contribution in [2.24, 2.45) is 11.5 Å². The molecule has 2 fully saturated rings. The maximum absolute atomic E-state index is 9.70. The number of rotatable bonds is 2. The highest BCUT2D eigenvalue weighted by Gasteiger charge is 2.10. The van der Waals surface area contributed by atoms with E-state index in [2.05, 4.69) is 4.52 Å². The summed E-state index contributed by atoms with van der Waals surface area (Å²) in [5.41, 5.74) is 11.3. The highest BCUT2D eigenvalue weighted by atomic mass is 31.2. The minimum Gasteiger partial charge on any atom is -0.328 e. The fourth-order valence-electron chi connectivity index (χ4n) is 2.44. The van der Waals surface area contributed by atoms with Crippen LogP contribution in [0.15, 0.2) is 0 Å². The van der Waals surface area contributed by atoms with Gasteiger partial charge in [-0.1, -0.05) is 38.5 Å². The standard InChI is InChI=1S/2C6H13N.C2H7O4P/c2*7-6-4-2-1-3-5-6;1-2-6-7(3,4)5/h2*6H,1-5,7H2;2H2,1H3,(H2,3,4,5)/i;;3+2,4+2,5+2. The molecule has 6 nitrogen and oxygen atoms in total. The summed E-state index contributed by atoms with van der Waals surface area (Å²) >= 11 is 0. The molecule has 0 aromatic rings. The van der Waals surface area contributed by atoms with Crippen LogP contribution in [-0.4, -0.2) is 28.5 Å². The summed E-state index contributed by atoms with van der Waals surface area (Å²) in [7, 11) is -4.17. The van der Waals surface area contributed by atoms with Gasteiger partial charge in [-0.25, -0.2) is 4.57 Å². The molecule has 21 heavy (non-hydrogen) atoms. The molecule has 0 heterocycles.